The van der Waals surface area contributed by atoms with E-state index >= 15 is 0 Å². The molecule has 0 N–H and O–H groups in total. The fraction of sp³-hybridized carbons (Fsp3) is 0.805. The van der Waals surface area contributed by atoms with Gasteiger partial charge in [-0.15, -0.1) is 0 Å². The molecule has 0 unspecified atom stereocenters. The van der Waals surface area contributed by atoms with Crippen LogP contribution in [0.4, 0.5) is 0 Å². The van der Waals surface area contributed by atoms with Crippen LogP contribution < -0.4 is 4.74 Å². The second-order valence-corrected chi connectivity index (χ2v) is 34.4. The third-order valence-corrected chi connectivity index (χ3v) is 26.1. The third-order valence-electron chi connectivity index (χ3n) is 12.6. The molecule has 0 aliphatic carbocycles. The lowest BCUT2D eigenvalue weighted by molar-refractivity contribution is -0.160. The standard InChI is InChI=1S/C41H76O9Si3/c1-29(25-45-26-31-20-22-33(44-13)23-21-31)36-41(12,49-36)37(50-53(18,19)40(9,10)11)34(28-47-52(16,17)39(6,7)8)35(48-30(2)43)32(24-42)27-46-51(14,15)38(3,4)5/h20-24,29,32,34-37H,25-28H2,1-19H3/t29-,32-,34-,35+,36+,37-,41+/m0/s1. The molecule has 0 amide bonds. The van der Waals surface area contributed by atoms with Crippen LogP contribution in [0, 0.1) is 17.8 Å². The van der Waals surface area contributed by atoms with Crippen molar-refractivity contribution in [2.45, 2.75) is 168 Å². The fourth-order valence-electron chi connectivity index (χ4n) is 5.74. The summed E-state index contributed by atoms with van der Waals surface area (Å²) in [5.41, 5.74) is 0.301. The average Bonchev–Trinajstić information content (AvgIpc) is 3.71. The Morgan fingerprint density at radius 2 is 1.32 bits per heavy atom. The van der Waals surface area contributed by atoms with Gasteiger partial charge in [-0.1, -0.05) is 81.4 Å². The predicted octanol–water partition coefficient (Wildman–Crippen LogP) is 9.80. The van der Waals surface area contributed by atoms with Gasteiger partial charge in [-0.2, -0.15) is 0 Å². The van der Waals surface area contributed by atoms with E-state index in [-0.39, 0.29) is 40.4 Å². The van der Waals surface area contributed by atoms with Gasteiger partial charge in [-0.25, -0.2) is 0 Å². The molecule has 1 aromatic rings. The van der Waals surface area contributed by atoms with Gasteiger partial charge in [0.15, 0.2) is 25.0 Å². The third kappa shape index (κ3) is 12.6. The van der Waals surface area contributed by atoms with Crippen LogP contribution in [0.2, 0.25) is 54.4 Å². The maximum Gasteiger partial charge on any atom is 0.302 e. The van der Waals surface area contributed by atoms with Crippen LogP contribution in [0.15, 0.2) is 24.3 Å². The first-order chi connectivity index (χ1) is 23.9. The van der Waals surface area contributed by atoms with E-state index < -0.39 is 60.6 Å². The number of methoxy groups -OCH3 is 1. The molecule has 9 nitrogen and oxygen atoms in total. The number of ether oxygens (including phenoxy) is 4. The minimum Gasteiger partial charge on any atom is -0.497 e. The normalized spacial score (nSPS) is 21.7. The SMILES string of the molecule is COc1ccc(COC[C@H](C)[C@H]2O[C@@]2(C)[C@@H](O[Si](C)(C)C(C)(C)C)[C@@H](CO[Si](C)(C)C(C)(C)C)[C@H](OC(C)=O)[C@@H](C=O)CO[Si](C)(C)C(C)(C)C)cc1. The van der Waals surface area contributed by atoms with Crippen LogP contribution in [-0.2, 0) is 43.7 Å². The number of aldehydes is 1. The molecule has 1 fully saturated rings. The molecule has 2 rings (SSSR count). The Balaban J connectivity index is 2.64. The minimum atomic E-state index is -2.48. The van der Waals surface area contributed by atoms with Crippen molar-refractivity contribution in [2.75, 3.05) is 26.9 Å². The summed E-state index contributed by atoms with van der Waals surface area (Å²) in [6.07, 6.45) is -0.716. The number of rotatable bonds is 20. The van der Waals surface area contributed by atoms with Crippen LogP contribution in [0.3, 0.4) is 0 Å². The van der Waals surface area contributed by atoms with Gasteiger partial charge in [0.1, 0.15) is 23.7 Å². The highest BCUT2D eigenvalue weighted by atomic mass is 28.4. The summed E-state index contributed by atoms with van der Waals surface area (Å²) < 4.78 is 45.6. The zero-order valence-electron chi connectivity index (χ0n) is 36.9. The van der Waals surface area contributed by atoms with Gasteiger partial charge in [0.2, 0.25) is 0 Å². The van der Waals surface area contributed by atoms with Crippen LogP contribution >= 0.6 is 0 Å². The van der Waals surface area contributed by atoms with Crippen LogP contribution in [-0.4, -0.2) is 88.1 Å². The van der Waals surface area contributed by atoms with Crippen LogP contribution in [0.1, 0.15) is 88.6 Å². The molecule has 53 heavy (non-hydrogen) atoms. The number of esters is 1. The molecule has 1 heterocycles. The van der Waals surface area contributed by atoms with E-state index in [0.29, 0.717) is 13.2 Å². The molecule has 7 atom stereocenters. The van der Waals surface area contributed by atoms with Crippen molar-refractivity contribution >= 4 is 37.2 Å². The van der Waals surface area contributed by atoms with Crippen molar-refractivity contribution in [1.29, 1.82) is 0 Å². The zero-order valence-corrected chi connectivity index (χ0v) is 39.9. The van der Waals surface area contributed by atoms with Gasteiger partial charge in [0, 0.05) is 32.0 Å². The highest BCUT2D eigenvalue weighted by Gasteiger charge is 2.65. The Morgan fingerprint density at radius 1 is 0.830 bits per heavy atom. The molecule has 12 heteroatoms. The number of hydrogen-bond acceptors (Lipinski definition) is 9. The Morgan fingerprint density at radius 3 is 1.75 bits per heavy atom. The van der Waals surface area contributed by atoms with Crippen molar-refractivity contribution in [2.24, 2.45) is 17.8 Å². The summed E-state index contributed by atoms with van der Waals surface area (Å²) in [5, 5.41) is -0.265. The predicted molar refractivity (Wildman–Crippen MR) is 222 cm³/mol. The molecule has 0 aromatic heterocycles. The molecule has 1 aliphatic rings. The van der Waals surface area contributed by atoms with E-state index in [9.17, 15) is 9.59 Å². The Hall–Kier alpha value is -1.39. The first-order valence-corrected chi connectivity index (χ1v) is 28.1. The average molecular weight is 797 g/mol. The molecule has 1 aliphatic heterocycles. The molecule has 1 aromatic carbocycles. The summed E-state index contributed by atoms with van der Waals surface area (Å²) in [6.45, 7) is 40.0. The first kappa shape index (κ1) is 47.8. The number of carbonyl (C=O) groups is 2. The Kier molecular flexibility index (Phi) is 16.1. The van der Waals surface area contributed by atoms with Gasteiger partial charge in [0.05, 0.1) is 38.4 Å². The van der Waals surface area contributed by atoms with Crippen LogP contribution in [0.5, 0.6) is 5.75 Å². The second-order valence-electron chi connectivity index (χ2n) is 20.0. The van der Waals surface area contributed by atoms with E-state index in [1.807, 2.05) is 24.3 Å². The molecule has 1 saturated heterocycles. The van der Waals surface area contributed by atoms with Crippen molar-refractivity contribution in [3.8, 4) is 5.75 Å². The smallest absolute Gasteiger partial charge is 0.302 e. The number of epoxide rings is 1. The number of hydrogen-bond donors (Lipinski definition) is 0. The molecule has 0 bridgehead atoms. The maximum absolute atomic E-state index is 13.2. The van der Waals surface area contributed by atoms with Gasteiger partial charge in [-0.05, 0) is 79.0 Å². The van der Waals surface area contributed by atoms with E-state index in [2.05, 4.69) is 115 Å². The zero-order chi connectivity index (χ0) is 41.0. The number of benzene rings is 1. The topological polar surface area (TPSA) is 102 Å². The van der Waals surface area contributed by atoms with E-state index in [0.717, 1.165) is 17.6 Å². The molecular formula is C41H76O9Si3. The molecule has 0 radical (unpaired) electrons. The van der Waals surface area contributed by atoms with Crippen molar-refractivity contribution in [3.63, 3.8) is 0 Å². The monoisotopic (exact) mass is 796 g/mol. The highest BCUT2D eigenvalue weighted by Crippen LogP contribution is 2.52. The minimum absolute atomic E-state index is 0.0293. The number of carbonyl (C=O) groups excluding carboxylic acids is 2. The van der Waals surface area contributed by atoms with Gasteiger partial charge in [0.25, 0.3) is 0 Å². The van der Waals surface area contributed by atoms with E-state index in [4.69, 9.17) is 32.2 Å². The molecule has 0 spiro atoms. The Labute approximate surface area is 326 Å². The Bertz CT molecular complexity index is 1330. The quantitative estimate of drug-likeness (QED) is 0.0553. The molecule has 306 valence electrons. The summed E-state index contributed by atoms with van der Waals surface area (Å²) in [5.74, 6) is -0.891. The lowest BCUT2D eigenvalue weighted by atomic mass is 9.80. The van der Waals surface area contributed by atoms with Crippen molar-refractivity contribution in [3.05, 3.63) is 29.8 Å². The van der Waals surface area contributed by atoms with Crippen molar-refractivity contribution in [1.82, 2.24) is 0 Å². The lowest BCUT2D eigenvalue weighted by Crippen LogP contribution is -2.57. The van der Waals surface area contributed by atoms with E-state index in [1.165, 1.54) is 6.92 Å². The summed E-state index contributed by atoms with van der Waals surface area (Å²) in [7, 11) is -5.39. The first-order valence-electron chi connectivity index (χ1n) is 19.4. The molecular weight excluding hydrogens is 721 g/mol. The van der Waals surface area contributed by atoms with E-state index in [1.54, 1.807) is 7.11 Å². The second kappa shape index (κ2) is 17.8. The maximum atomic E-state index is 13.2. The highest BCUT2D eigenvalue weighted by molar-refractivity contribution is 6.75. The fourth-order valence-corrected chi connectivity index (χ4v) is 9.22. The summed E-state index contributed by atoms with van der Waals surface area (Å²) in [4.78, 5) is 26.1. The van der Waals surface area contributed by atoms with Gasteiger partial charge in [-0.3, -0.25) is 4.79 Å². The summed E-state index contributed by atoms with van der Waals surface area (Å²) in [6, 6.07) is 7.87. The van der Waals surface area contributed by atoms with Crippen molar-refractivity contribution < 1.29 is 41.8 Å². The lowest BCUT2D eigenvalue weighted by Gasteiger charge is -2.46. The molecule has 0 saturated carbocycles. The summed E-state index contributed by atoms with van der Waals surface area (Å²) >= 11 is 0. The largest absolute Gasteiger partial charge is 0.497 e. The van der Waals surface area contributed by atoms with Gasteiger partial charge >= 0.3 is 5.97 Å². The van der Waals surface area contributed by atoms with Gasteiger partial charge < -0.3 is 37.0 Å². The van der Waals surface area contributed by atoms with Crippen LogP contribution in [0.25, 0.3) is 0 Å².